The van der Waals surface area contributed by atoms with Crippen molar-refractivity contribution >= 4 is 5.69 Å². The lowest BCUT2D eigenvalue weighted by atomic mass is 10.2. The first-order valence-corrected chi connectivity index (χ1v) is 5.15. The van der Waals surface area contributed by atoms with Gasteiger partial charge in [-0.3, -0.25) is 0 Å². The second kappa shape index (κ2) is 4.26. The second-order valence-electron chi connectivity index (χ2n) is 3.85. The van der Waals surface area contributed by atoms with E-state index in [4.69, 9.17) is 0 Å². The molecule has 0 atom stereocenters. The summed E-state index contributed by atoms with van der Waals surface area (Å²) in [7, 11) is 1.97. The van der Waals surface area contributed by atoms with Gasteiger partial charge in [0.2, 0.25) is 0 Å². The molecule has 0 aliphatic carbocycles. The highest BCUT2D eigenvalue weighted by molar-refractivity contribution is 5.53. The first-order chi connectivity index (χ1) is 7.66. The van der Waals surface area contributed by atoms with E-state index < -0.39 is 0 Å². The lowest BCUT2D eigenvalue weighted by Crippen LogP contribution is -2.04. The van der Waals surface area contributed by atoms with Crippen LogP contribution in [0.15, 0.2) is 30.7 Å². The molecule has 0 aliphatic heterocycles. The SMILES string of the molecule is Cc1cc(O)ccc1NCc1cncn1C. The summed E-state index contributed by atoms with van der Waals surface area (Å²) in [5, 5.41) is 12.6. The van der Waals surface area contributed by atoms with Crippen LogP contribution in [0.3, 0.4) is 0 Å². The summed E-state index contributed by atoms with van der Waals surface area (Å²) >= 11 is 0. The van der Waals surface area contributed by atoms with Gasteiger partial charge < -0.3 is 15.0 Å². The average Bonchev–Trinajstić information content (AvgIpc) is 2.63. The Hall–Kier alpha value is -1.97. The van der Waals surface area contributed by atoms with Gasteiger partial charge in [0.1, 0.15) is 5.75 Å². The van der Waals surface area contributed by atoms with Crippen LogP contribution in [0.5, 0.6) is 5.75 Å². The summed E-state index contributed by atoms with van der Waals surface area (Å²) in [5.74, 6) is 0.295. The van der Waals surface area contributed by atoms with Crippen molar-refractivity contribution in [2.45, 2.75) is 13.5 Å². The lowest BCUT2D eigenvalue weighted by molar-refractivity contribution is 0.475. The molecule has 2 N–H and O–H groups in total. The van der Waals surface area contributed by atoms with Gasteiger partial charge in [0.25, 0.3) is 0 Å². The smallest absolute Gasteiger partial charge is 0.115 e. The number of aryl methyl sites for hydroxylation is 2. The van der Waals surface area contributed by atoms with Crippen LogP contribution in [0.25, 0.3) is 0 Å². The van der Waals surface area contributed by atoms with E-state index in [1.807, 2.05) is 30.8 Å². The standard InChI is InChI=1S/C12H15N3O/c1-9-5-11(16)3-4-12(9)14-7-10-6-13-8-15(10)2/h3-6,8,14,16H,7H2,1-2H3. The normalized spacial score (nSPS) is 10.4. The molecule has 0 radical (unpaired) electrons. The summed E-state index contributed by atoms with van der Waals surface area (Å²) in [6.07, 6.45) is 3.61. The zero-order chi connectivity index (χ0) is 11.5. The largest absolute Gasteiger partial charge is 0.508 e. The van der Waals surface area contributed by atoms with Gasteiger partial charge in [-0.2, -0.15) is 0 Å². The summed E-state index contributed by atoms with van der Waals surface area (Å²) in [6, 6.07) is 5.30. The minimum Gasteiger partial charge on any atom is -0.508 e. The highest BCUT2D eigenvalue weighted by atomic mass is 16.3. The van der Waals surface area contributed by atoms with E-state index in [2.05, 4.69) is 10.3 Å². The molecule has 4 heteroatoms. The summed E-state index contributed by atoms with van der Waals surface area (Å²) in [5.41, 5.74) is 3.17. The third-order valence-corrected chi connectivity index (χ3v) is 2.59. The molecule has 0 fully saturated rings. The highest BCUT2D eigenvalue weighted by Crippen LogP contribution is 2.20. The number of imidazole rings is 1. The summed E-state index contributed by atoms with van der Waals surface area (Å²) in [6.45, 7) is 2.69. The Balaban J connectivity index is 2.08. The molecular weight excluding hydrogens is 202 g/mol. The first kappa shape index (κ1) is 10.5. The van der Waals surface area contributed by atoms with Crippen molar-refractivity contribution in [2.24, 2.45) is 7.05 Å². The number of anilines is 1. The molecule has 0 saturated heterocycles. The Morgan fingerprint density at radius 1 is 1.44 bits per heavy atom. The van der Waals surface area contributed by atoms with Crippen LogP contribution in [-0.2, 0) is 13.6 Å². The van der Waals surface area contributed by atoms with E-state index in [0.717, 1.165) is 23.5 Å². The molecule has 1 aromatic carbocycles. The Kier molecular flexibility index (Phi) is 2.81. The van der Waals surface area contributed by atoms with Crippen LogP contribution >= 0.6 is 0 Å². The van der Waals surface area contributed by atoms with Crippen molar-refractivity contribution in [1.82, 2.24) is 9.55 Å². The maximum Gasteiger partial charge on any atom is 0.115 e. The molecule has 0 bridgehead atoms. The minimum absolute atomic E-state index is 0.295. The number of hydrogen-bond acceptors (Lipinski definition) is 3. The van der Waals surface area contributed by atoms with Gasteiger partial charge in [-0.05, 0) is 30.7 Å². The average molecular weight is 217 g/mol. The van der Waals surface area contributed by atoms with Gasteiger partial charge in [0, 0.05) is 18.9 Å². The fourth-order valence-corrected chi connectivity index (χ4v) is 1.59. The molecule has 16 heavy (non-hydrogen) atoms. The van der Waals surface area contributed by atoms with Gasteiger partial charge in [-0.15, -0.1) is 0 Å². The molecule has 2 rings (SSSR count). The van der Waals surface area contributed by atoms with Crippen molar-refractivity contribution in [3.63, 3.8) is 0 Å². The third kappa shape index (κ3) is 2.16. The molecule has 4 nitrogen and oxygen atoms in total. The summed E-state index contributed by atoms with van der Waals surface area (Å²) < 4.78 is 1.97. The molecule has 0 unspecified atom stereocenters. The van der Waals surface area contributed by atoms with Crippen LogP contribution in [-0.4, -0.2) is 14.7 Å². The second-order valence-corrected chi connectivity index (χ2v) is 3.85. The van der Waals surface area contributed by atoms with Gasteiger partial charge in [0.15, 0.2) is 0 Å². The van der Waals surface area contributed by atoms with Crippen molar-refractivity contribution in [3.05, 3.63) is 42.0 Å². The number of hydrogen-bond donors (Lipinski definition) is 2. The van der Waals surface area contributed by atoms with E-state index in [-0.39, 0.29) is 0 Å². The number of nitrogens with one attached hydrogen (secondary N) is 1. The zero-order valence-electron chi connectivity index (χ0n) is 9.44. The first-order valence-electron chi connectivity index (χ1n) is 5.15. The van der Waals surface area contributed by atoms with E-state index in [0.29, 0.717) is 5.75 Å². The van der Waals surface area contributed by atoms with Crippen LogP contribution in [0.1, 0.15) is 11.3 Å². The maximum atomic E-state index is 9.29. The van der Waals surface area contributed by atoms with Gasteiger partial charge in [0.05, 0.1) is 18.6 Å². The Morgan fingerprint density at radius 3 is 2.88 bits per heavy atom. The number of nitrogens with zero attached hydrogens (tertiary/aromatic N) is 2. The van der Waals surface area contributed by atoms with E-state index in [9.17, 15) is 5.11 Å². The zero-order valence-corrected chi connectivity index (χ0v) is 9.44. The van der Waals surface area contributed by atoms with E-state index in [1.165, 1.54) is 0 Å². The Bertz CT molecular complexity index is 491. The van der Waals surface area contributed by atoms with E-state index >= 15 is 0 Å². The van der Waals surface area contributed by atoms with Crippen molar-refractivity contribution < 1.29 is 5.11 Å². The number of aromatic nitrogens is 2. The Morgan fingerprint density at radius 2 is 2.25 bits per heavy atom. The van der Waals surface area contributed by atoms with Gasteiger partial charge in [-0.25, -0.2) is 4.98 Å². The molecule has 0 spiro atoms. The summed E-state index contributed by atoms with van der Waals surface area (Å²) in [4.78, 5) is 4.05. The van der Waals surface area contributed by atoms with Crippen LogP contribution < -0.4 is 5.32 Å². The third-order valence-electron chi connectivity index (χ3n) is 2.59. The molecular formula is C12H15N3O. The van der Waals surface area contributed by atoms with Gasteiger partial charge >= 0.3 is 0 Å². The number of rotatable bonds is 3. The quantitative estimate of drug-likeness (QED) is 0.773. The molecule has 1 heterocycles. The van der Waals surface area contributed by atoms with Crippen molar-refractivity contribution in [3.8, 4) is 5.75 Å². The maximum absolute atomic E-state index is 9.29. The van der Waals surface area contributed by atoms with E-state index in [1.54, 1.807) is 18.5 Å². The fraction of sp³-hybridized carbons (Fsp3) is 0.250. The molecule has 0 aliphatic rings. The number of phenolic OH excluding ortho intramolecular Hbond substituents is 1. The Labute approximate surface area is 94.6 Å². The van der Waals surface area contributed by atoms with Crippen molar-refractivity contribution in [1.29, 1.82) is 0 Å². The molecule has 1 aromatic heterocycles. The number of benzene rings is 1. The predicted molar refractivity (Wildman–Crippen MR) is 63.4 cm³/mol. The molecule has 0 amide bonds. The van der Waals surface area contributed by atoms with Crippen LogP contribution in [0, 0.1) is 6.92 Å². The van der Waals surface area contributed by atoms with Crippen molar-refractivity contribution in [2.75, 3.05) is 5.32 Å². The van der Waals surface area contributed by atoms with Crippen LogP contribution in [0.2, 0.25) is 0 Å². The number of aromatic hydroxyl groups is 1. The molecule has 2 aromatic rings. The minimum atomic E-state index is 0.295. The number of phenols is 1. The predicted octanol–water partition coefficient (Wildman–Crippen LogP) is 2.05. The monoisotopic (exact) mass is 217 g/mol. The van der Waals surface area contributed by atoms with Gasteiger partial charge in [-0.1, -0.05) is 0 Å². The topological polar surface area (TPSA) is 50.1 Å². The highest BCUT2D eigenvalue weighted by Gasteiger charge is 2.01. The molecule has 84 valence electrons. The lowest BCUT2D eigenvalue weighted by Gasteiger charge is -2.09. The molecule has 0 saturated carbocycles. The van der Waals surface area contributed by atoms with Crippen LogP contribution in [0.4, 0.5) is 5.69 Å². The fourth-order valence-electron chi connectivity index (χ4n) is 1.59.